The minimum Gasteiger partial charge on any atom is -0.326 e. The van der Waals surface area contributed by atoms with Crippen molar-refractivity contribution in [3.63, 3.8) is 0 Å². The Morgan fingerprint density at radius 1 is 1.04 bits per heavy atom. The molecule has 0 spiro atoms. The lowest BCUT2D eigenvalue weighted by Crippen LogP contribution is -2.31. The number of imide groups is 1. The maximum absolute atomic E-state index is 12.3. The van der Waals surface area contributed by atoms with Gasteiger partial charge in [0, 0.05) is 28.8 Å². The molecule has 132 valence electrons. The predicted octanol–water partition coefficient (Wildman–Crippen LogP) is 3.42. The van der Waals surface area contributed by atoms with Crippen LogP contribution in [0.4, 0.5) is 5.69 Å². The number of amides is 3. The molecule has 1 aliphatic carbocycles. The van der Waals surface area contributed by atoms with Crippen molar-refractivity contribution < 1.29 is 14.4 Å². The molecule has 2 aromatic carbocycles. The van der Waals surface area contributed by atoms with Crippen LogP contribution in [0, 0.1) is 5.92 Å². The van der Waals surface area contributed by atoms with Gasteiger partial charge in [-0.2, -0.15) is 0 Å². The first-order valence-corrected chi connectivity index (χ1v) is 9.61. The van der Waals surface area contributed by atoms with Crippen molar-refractivity contribution in [1.29, 1.82) is 0 Å². The maximum Gasteiger partial charge on any atom is 0.261 e. The molecule has 1 saturated carbocycles. The average Bonchev–Trinajstić information content (AvgIpc) is 3.47. The van der Waals surface area contributed by atoms with E-state index in [4.69, 9.17) is 0 Å². The number of rotatable bonds is 6. The number of benzene rings is 2. The molecule has 2 aliphatic rings. The molecule has 0 atom stereocenters. The van der Waals surface area contributed by atoms with Crippen LogP contribution in [0.3, 0.4) is 0 Å². The van der Waals surface area contributed by atoms with Gasteiger partial charge >= 0.3 is 0 Å². The van der Waals surface area contributed by atoms with Gasteiger partial charge < -0.3 is 5.32 Å². The van der Waals surface area contributed by atoms with Crippen LogP contribution in [-0.2, 0) is 4.79 Å². The topological polar surface area (TPSA) is 66.5 Å². The van der Waals surface area contributed by atoms with Crippen LogP contribution in [0.15, 0.2) is 53.4 Å². The molecular weight excluding hydrogens is 348 g/mol. The standard InChI is InChI=1S/C20H18N2O3S/c23-18(13-8-9-13)21-14-4-3-5-15(12-14)26-11-10-22-19(24)16-6-1-2-7-17(16)20(22)25/h1-7,12-13H,8-11H2,(H,21,23). The smallest absolute Gasteiger partial charge is 0.261 e. The van der Waals surface area contributed by atoms with E-state index in [9.17, 15) is 14.4 Å². The number of carbonyl (C=O) groups is 3. The first-order valence-electron chi connectivity index (χ1n) is 8.62. The lowest BCUT2D eigenvalue weighted by molar-refractivity contribution is -0.117. The van der Waals surface area contributed by atoms with Gasteiger partial charge in [0.05, 0.1) is 11.1 Å². The summed E-state index contributed by atoms with van der Waals surface area (Å²) in [5, 5.41) is 2.93. The van der Waals surface area contributed by atoms with Gasteiger partial charge in [-0.15, -0.1) is 11.8 Å². The fourth-order valence-electron chi connectivity index (χ4n) is 2.95. The highest BCUT2D eigenvalue weighted by Gasteiger charge is 2.34. The fraction of sp³-hybridized carbons (Fsp3) is 0.250. The van der Waals surface area contributed by atoms with Gasteiger partial charge in [-0.3, -0.25) is 19.3 Å². The maximum atomic E-state index is 12.3. The summed E-state index contributed by atoms with van der Waals surface area (Å²) in [4.78, 5) is 38.8. The highest BCUT2D eigenvalue weighted by molar-refractivity contribution is 7.99. The fourth-order valence-corrected chi connectivity index (χ4v) is 3.85. The summed E-state index contributed by atoms with van der Waals surface area (Å²) in [6.45, 7) is 0.357. The molecule has 1 aliphatic heterocycles. The summed E-state index contributed by atoms with van der Waals surface area (Å²) >= 11 is 1.56. The monoisotopic (exact) mass is 366 g/mol. The molecule has 1 heterocycles. The molecule has 1 fully saturated rings. The Kier molecular flexibility index (Phi) is 4.51. The quantitative estimate of drug-likeness (QED) is 0.628. The van der Waals surface area contributed by atoms with Gasteiger partial charge in [0.25, 0.3) is 11.8 Å². The number of hydrogen-bond acceptors (Lipinski definition) is 4. The first kappa shape index (κ1) is 16.8. The van der Waals surface area contributed by atoms with E-state index in [0.717, 1.165) is 23.4 Å². The normalized spacial score (nSPS) is 15.9. The van der Waals surface area contributed by atoms with Crippen LogP contribution < -0.4 is 5.32 Å². The second-order valence-corrected chi connectivity index (χ2v) is 7.62. The molecule has 0 aromatic heterocycles. The molecule has 0 radical (unpaired) electrons. The molecule has 0 bridgehead atoms. The van der Waals surface area contributed by atoms with E-state index in [0.29, 0.717) is 23.4 Å². The first-order chi connectivity index (χ1) is 12.6. The molecule has 0 unspecified atom stereocenters. The van der Waals surface area contributed by atoms with Gasteiger partial charge in [-0.05, 0) is 43.2 Å². The molecule has 4 rings (SSSR count). The highest BCUT2D eigenvalue weighted by atomic mass is 32.2. The second kappa shape index (κ2) is 6.96. The minimum absolute atomic E-state index is 0.0816. The number of carbonyl (C=O) groups excluding carboxylic acids is 3. The zero-order valence-corrected chi connectivity index (χ0v) is 14.9. The van der Waals surface area contributed by atoms with Crippen LogP contribution in [-0.4, -0.2) is 34.9 Å². The van der Waals surface area contributed by atoms with Crippen LogP contribution in [0.25, 0.3) is 0 Å². The van der Waals surface area contributed by atoms with Crippen molar-refractivity contribution in [2.24, 2.45) is 5.92 Å². The Morgan fingerprint density at radius 2 is 1.73 bits per heavy atom. The lowest BCUT2D eigenvalue weighted by atomic mass is 10.1. The predicted molar refractivity (Wildman–Crippen MR) is 100 cm³/mol. The van der Waals surface area contributed by atoms with Crippen molar-refractivity contribution in [2.45, 2.75) is 17.7 Å². The van der Waals surface area contributed by atoms with Crippen LogP contribution >= 0.6 is 11.8 Å². The Hall–Kier alpha value is -2.60. The molecule has 3 amide bonds. The molecule has 6 heteroatoms. The van der Waals surface area contributed by atoms with E-state index >= 15 is 0 Å². The summed E-state index contributed by atoms with van der Waals surface area (Å²) < 4.78 is 0. The van der Waals surface area contributed by atoms with Crippen molar-refractivity contribution in [2.75, 3.05) is 17.6 Å². The minimum atomic E-state index is -0.225. The molecule has 1 N–H and O–H groups in total. The second-order valence-electron chi connectivity index (χ2n) is 6.45. The SMILES string of the molecule is O=C(Nc1cccc(SCCN2C(=O)c3ccccc3C2=O)c1)C1CC1. The van der Waals surface area contributed by atoms with Gasteiger partial charge in [0.2, 0.25) is 5.91 Å². The van der Waals surface area contributed by atoms with Crippen molar-refractivity contribution >= 4 is 35.2 Å². The van der Waals surface area contributed by atoms with Crippen molar-refractivity contribution in [1.82, 2.24) is 4.90 Å². The Labute approximate surface area is 155 Å². The zero-order chi connectivity index (χ0) is 18.1. The molecule has 0 saturated heterocycles. The summed E-state index contributed by atoms with van der Waals surface area (Å²) in [6.07, 6.45) is 1.95. The molecule has 2 aromatic rings. The third kappa shape index (κ3) is 3.37. The molecule has 5 nitrogen and oxygen atoms in total. The molecule has 26 heavy (non-hydrogen) atoms. The van der Waals surface area contributed by atoms with Crippen LogP contribution in [0.2, 0.25) is 0 Å². The third-order valence-electron chi connectivity index (χ3n) is 4.51. The number of nitrogens with zero attached hydrogens (tertiary/aromatic N) is 1. The summed E-state index contributed by atoms with van der Waals surface area (Å²) in [6, 6.07) is 14.6. The number of thioether (sulfide) groups is 1. The number of nitrogens with one attached hydrogen (secondary N) is 1. The number of fused-ring (bicyclic) bond motifs is 1. The Morgan fingerprint density at radius 3 is 2.38 bits per heavy atom. The highest BCUT2D eigenvalue weighted by Crippen LogP contribution is 2.31. The van der Waals surface area contributed by atoms with Gasteiger partial charge in [-0.25, -0.2) is 0 Å². The summed E-state index contributed by atoms with van der Waals surface area (Å²) in [5.74, 6) is 0.400. The molecular formula is C20H18N2O3S. The summed E-state index contributed by atoms with van der Waals surface area (Å²) in [7, 11) is 0. The van der Waals surface area contributed by atoms with Gasteiger partial charge in [-0.1, -0.05) is 18.2 Å². The Bertz CT molecular complexity index is 857. The van der Waals surface area contributed by atoms with E-state index < -0.39 is 0 Å². The van der Waals surface area contributed by atoms with E-state index in [1.54, 1.807) is 36.0 Å². The van der Waals surface area contributed by atoms with Crippen molar-refractivity contribution in [3.8, 4) is 0 Å². The van der Waals surface area contributed by atoms with E-state index in [1.807, 2.05) is 24.3 Å². The Balaban J connectivity index is 1.34. The number of anilines is 1. The van der Waals surface area contributed by atoms with Gasteiger partial charge in [0.15, 0.2) is 0 Å². The summed E-state index contributed by atoms with van der Waals surface area (Å²) in [5.41, 5.74) is 1.74. The third-order valence-corrected chi connectivity index (χ3v) is 5.49. The zero-order valence-electron chi connectivity index (χ0n) is 14.1. The average molecular weight is 366 g/mol. The van der Waals surface area contributed by atoms with E-state index in [1.165, 1.54) is 4.90 Å². The van der Waals surface area contributed by atoms with Crippen LogP contribution in [0.1, 0.15) is 33.6 Å². The largest absolute Gasteiger partial charge is 0.326 e. The van der Waals surface area contributed by atoms with E-state index in [2.05, 4.69) is 5.32 Å². The van der Waals surface area contributed by atoms with Crippen molar-refractivity contribution in [3.05, 3.63) is 59.7 Å². The lowest BCUT2D eigenvalue weighted by Gasteiger charge is -2.13. The van der Waals surface area contributed by atoms with E-state index in [-0.39, 0.29) is 23.6 Å². The van der Waals surface area contributed by atoms with Crippen LogP contribution in [0.5, 0.6) is 0 Å². The number of hydrogen-bond donors (Lipinski definition) is 1. The van der Waals surface area contributed by atoms with Gasteiger partial charge in [0.1, 0.15) is 0 Å².